The number of carbonyl (C=O) groups excluding carboxylic acids is 2. The largest absolute Gasteiger partial charge is 0.273 e. The van der Waals surface area contributed by atoms with Crippen LogP contribution in [0.4, 0.5) is 0 Å². The lowest BCUT2D eigenvalue weighted by Crippen LogP contribution is -2.29. The van der Waals surface area contributed by atoms with Crippen molar-refractivity contribution in [1.82, 2.24) is 14.7 Å². The standard InChI is InChI=1S/C14H12IN3O2/c1-2-17-7-9(6-16-17)8-18-13(19)10-4-3-5-11(15)12(10)14(18)20/h3-7H,2,8H2,1H3. The number of aryl methyl sites for hydroxylation is 1. The quantitative estimate of drug-likeness (QED) is 0.606. The molecule has 0 spiro atoms. The van der Waals surface area contributed by atoms with Gasteiger partial charge in [0, 0.05) is 21.9 Å². The molecule has 5 nitrogen and oxygen atoms in total. The first-order chi connectivity index (χ1) is 9.61. The Morgan fingerprint density at radius 3 is 2.70 bits per heavy atom. The molecular weight excluding hydrogens is 369 g/mol. The number of nitrogens with zero attached hydrogens (tertiary/aromatic N) is 3. The topological polar surface area (TPSA) is 55.2 Å². The molecule has 2 aromatic rings. The second-order valence-corrected chi connectivity index (χ2v) is 5.73. The van der Waals surface area contributed by atoms with Gasteiger partial charge in [0.25, 0.3) is 11.8 Å². The summed E-state index contributed by atoms with van der Waals surface area (Å²) in [5, 5.41) is 4.16. The van der Waals surface area contributed by atoms with E-state index in [1.54, 1.807) is 23.0 Å². The van der Waals surface area contributed by atoms with Gasteiger partial charge in [0.05, 0.1) is 23.9 Å². The summed E-state index contributed by atoms with van der Waals surface area (Å²) in [6.45, 7) is 3.02. The fourth-order valence-electron chi connectivity index (χ4n) is 2.28. The third-order valence-corrected chi connectivity index (χ3v) is 4.20. The average Bonchev–Trinajstić information content (AvgIpc) is 2.99. The van der Waals surface area contributed by atoms with Gasteiger partial charge in [0.15, 0.2) is 0 Å². The van der Waals surface area contributed by atoms with Crippen LogP contribution in [-0.2, 0) is 13.1 Å². The van der Waals surface area contributed by atoms with Gasteiger partial charge in [-0.2, -0.15) is 5.10 Å². The van der Waals surface area contributed by atoms with Crippen LogP contribution in [0.2, 0.25) is 0 Å². The molecule has 0 aliphatic carbocycles. The number of fused-ring (bicyclic) bond motifs is 1. The van der Waals surface area contributed by atoms with E-state index < -0.39 is 0 Å². The third kappa shape index (κ3) is 2.04. The zero-order valence-electron chi connectivity index (χ0n) is 10.8. The first kappa shape index (κ1) is 13.3. The van der Waals surface area contributed by atoms with Gasteiger partial charge in [-0.3, -0.25) is 19.2 Å². The van der Waals surface area contributed by atoms with Crippen molar-refractivity contribution in [2.75, 3.05) is 0 Å². The molecule has 0 bridgehead atoms. The molecular formula is C14H12IN3O2. The van der Waals surface area contributed by atoms with Gasteiger partial charge < -0.3 is 0 Å². The van der Waals surface area contributed by atoms with Crippen LogP contribution in [0.5, 0.6) is 0 Å². The zero-order valence-corrected chi connectivity index (χ0v) is 13.0. The molecule has 0 fully saturated rings. The Morgan fingerprint density at radius 2 is 2.05 bits per heavy atom. The number of halogens is 1. The first-order valence-corrected chi connectivity index (χ1v) is 7.35. The second kappa shape index (κ2) is 5.01. The second-order valence-electron chi connectivity index (χ2n) is 4.56. The summed E-state index contributed by atoms with van der Waals surface area (Å²) < 4.78 is 2.59. The minimum atomic E-state index is -0.229. The first-order valence-electron chi connectivity index (χ1n) is 6.28. The molecule has 1 aliphatic rings. The van der Waals surface area contributed by atoms with E-state index in [0.717, 1.165) is 15.7 Å². The number of rotatable bonds is 3. The highest BCUT2D eigenvalue weighted by Crippen LogP contribution is 2.28. The number of carbonyl (C=O) groups is 2. The zero-order chi connectivity index (χ0) is 14.3. The smallest absolute Gasteiger partial charge is 0.262 e. The van der Waals surface area contributed by atoms with E-state index in [4.69, 9.17) is 0 Å². The number of hydrogen-bond donors (Lipinski definition) is 0. The Labute approximate surface area is 129 Å². The van der Waals surface area contributed by atoms with Gasteiger partial charge in [-0.25, -0.2) is 0 Å². The van der Waals surface area contributed by atoms with Crippen molar-refractivity contribution in [3.8, 4) is 0 Å². The lowest BCUT2D eigenvalue weighted by atomic mass is 10.1. The Balaban J connectivity index is 1.92. The van der Waals surface area contributed by atoms with E-state index in [9.17, 15) is 9.59 Å². The predicted molar refractivity (Wildman–Crippen MR) is 81.3 cm³/mol. The summed E-state index contributed by atoms with van der Waals surface area (Å²) in [5.74, 6) is -0.452. The molecule has 20 heavy (non-hydrogen) atoms. The molecule has 0 saturated heterocycles. The third-order valence-electron chi connectivity index (χ3n) is 3.30. The summed E-state index contributed by atoms with van der Waals surface area (Å²) in [6.07, 6.45) is 3.55. The Bertz CT molecular complexity index is 708. The molecule has 2 amide bonds. The normalized spacial score (nSPS) is 14.0. The molecule has 0 atom stereocenters. The van der Waals surface area contributed by atoms with E-state index >= 15 is 0 Å². The van der Waals surface area contributed by atoms with Crippen molar-refractivity contribution in [3.05, 3.63) is 50.9 Å². The van der Waals surface area contributed by atoms with Gasteiger partial charge >= 0.3 is 0 Å². The fraction of sp³-hybridized carbons (Fsp3) is 0.214. The Hall–Kier alpha value is -1.70. The molecule has 0 N–H and O–H groups in total. The van der Waals surface area contributed by atoms with Crippen LogP contribution in [-0.4, -0.2) is 26.5 Å². The minimum absolute atomic E-state index is 0.223. The molecule has 2 heterocycles. The van der Waals surface area contributed by atoms with Gasteiger partial charge in [-0.15, -0.1) is 0 Å². The molecule has 3 rings (SSSR count). The van der Waals surface area contributed by atoms with Gasteiger partial charge in [-0.1, -0.05) is 6.07 Å². The summed E-state index contributed by atoms with van der Waals surface area (Å²) in [4.78, 5) is 26.0. The molecule has 0 radical (unpaired) electrons. The summed E-state index contributed by atoms with van der Waals surface area (Å²) in [7, 11) is 0. The highest BCUT2D eigenvalue weighted by atomic mass is 127. The van der Waals surface area contributed by atoms with Crippen molar-refractivity contribution in [2.24, 2.45) is 0 Å². The van der Waals surface area contributed by atoms with Crippen molar-refractivity contribution in [2.45, 2.75) is 20.0 Å². The van der Waals surface area contributed by atoms with Crippen LogP contribution in [0.3, 0.4) is 0 Å². The predicted octanol–water partition coefficient (Wildman–Crippen LogP) is 2.30. The average molecular weight is 381 g/mol. The van der Waals surface area contributed by atoms with Crippen molar-refractivity contribution in [3.63, 3.8) is 0 Å². The van der Waals surface area contributed by atoms with Crippen molar-refractivity contribution < 1.29 is 9.59 Å². The van der Waals surface area contributed by atoms with Crippen LogP contribution >= 0.6 is 22.6 Å². The molecule has 1 aliphatic heterocycles. The minimum Gasteiger partial charge on any atom is -0.273 e. The summed E-state index contributed by atoms with van der Waals surface area (Å²) in [6, 6.07) is 5.33. The SMILES string of the molecule is CCn1cc(CN2C(=O)c3cccc(I)c3C2=O)cn1. The van der Waals surface area contributed by atoms with Crippen LogP contribution in [0.25, 0.3) is 0 Å². The molecule has 102 valence electrons. The molecule has 0 unspecified atom stereocenters. The maximum atomic E-state index is 12.4. The number of aromatic nitrogens is 2. The van der Waals surface area contributed by atoms with E-state index in [0.29, 0.717) is 11.1 Å². The molecule has 6 heteroatoms. The molecule has 1 aromatic carbocycles. The van der Waals surface area contributed by atoms with Crippen LogP contribution in [0, 0.1) is 3.57 Å². The van der Waals surface area contributed by atoms with Crippen molar-refractivity contribution in [1.29, 1.82) is 0 Å². The van der Waals surface area contributed by atoms with E-state index in [2.05, 4.69) is 27.7 Å². The lowest BCUT2D eigenvalue weighted by molar-refractivity contribution is 0.0642. The van der Waals surface area contributed by atoms with E-state index in [-0.39, 0.29) is 18.4 Å². The maximum Gasteiger partial charge on any atom is 0.262 e. The highest BCUT2D eigenvalue weighted by Gasteiger charge is 2.36. The summed E-state index contributed by atoms with van der Waals surface area (Å²) in [5.41, 5.74) is 1.86. The number of benzene rings is 1. The Kier molecular flexibility index (Phi) is 3.33. The number of hydrogen-bond acceptors (Lipinski definition) is 3. The van der Waals surface area contributed by atoms with Crippen LogP contribution in [0.15, 0.2) is 30.6 Å². The van der Waals surface area contributed by atoms with Gasteiger partial charge in [0.1, 0.15) is 0 Å². The van der Waals surface area contributed by atoms with Crippen LogP contribution in [0.1, 0.15) is 33.2 Å². The van der Waals surface area contributed by atoms with E-state index in [1.165, 1.54) is 4.90 Å². The maximum absolute atomic E-state index is 12.4. The van der Waals surface area contributed by atoms with Crippen LogP contribution < -0.4 is 0 Å². The highest BCUT2D eigenvalue weighted by molar-refractivity contribution is 14.1. The Morgan fingerprint density at radius 1 is 1.25 bits per heavy atom. The van der Waals surface area contributed by atoms with Crippen molar-refractivity contribution >= 4 is 34.4 Å². The number of amides is 2. The lowest BCUT2D eigenvalue weighted by Gasteiger charge is -2.12. The van der Waals surface area contributed by atoms with E-state index in [1.807, 2.05) is 19.2 Å². The van der Waals surface area contributed by atoms with Gasteiger partial charge in [-0.05, 0) is 41.6 Å². The molecule has 1 aromatic heterocycles. The molecule has 0 saturated carbocycles. The van der Waals surface area contributed by atoms with Gasteiger partial charge in [0.2, 0.25) is 0 Å². The number of imide groups is 1. The fourth-order valence-corrected chi connectivity index (χ4v) is 3.01. The monoisotopic (exact) mass is 381 g/mol. The summed E-state index contributed by atoms with van der Waals surface area (Å²) >= 11 is 2.09.